The maximum absolute atomic E-state index is 11.5. The summed E-state index contributed by atoms with van der Waals surface area (Å²) < 4.78 is 15.8. The van der Waals surface area contributed by atoms with Gasteiger partial charge in [0.2, 0.25) is 0 Å². The second-order valence-corrected chi connectivity index (χ2v) is 4.66. The summed E-state index contributed by atoms with van der Waals surface area (Å²) in [4.78, 5) is 13.5. The lowest BCUT2D eigenvalue weighted by Gasteiger charge is -2.26. The van der Waals surface area contributed by atoms with E-state index in [1.54, 1.807) is 0 Å². The van der Waals surface area contributed by atoms with Gasteiger partial charge in [-0.2, -0.15) is 0 Å². The largest absolute Gasteiger partial charge is 0.486 e. The van der Waals surface area contributed by atoms with Crippen LogP contribution in [0.4, 0.5) is 0 Å². The third kappa shape index (κ3) is 3.17. The Balaban J connectivity index is 2.24. The van der Waals surface area contributed by atoms with Crippen LogP contribution in [0.3, 0.4) is 0 Å². The Bertz CT molecular complexity index is 459. The van der Waals surface area contributed by atoms with Crippen molar-refractivity contribution in [2.75, 3.05) is 34.4 Å². The molecule has 0 spiro atoms. The fourth-order valence-corrected chi connectivity index (χ4v) is 2.11. The van der Waals surface area contributed by atoms with Crippen LogP contribution in [0.15, 0.2) is 18.2 Å². The first-order chi connectivity index (χ1) is 9.11. The fourth-order valence-electron chi connectivity index (χ4n) is 2.11. The number of benzene rings is 1. The average Bonchev–Trinajstić information content (AvgIpc) is 2.43. The highest BCUT2D eigenvalue weighted by Gasteiger charge is 2.21. The van der Waals surface area contributed by atoms with Crippen molar-refractivity contribution >= 4 is 5.97 Å². The van der Waals surface area contributed by atoms with Crippen LogP contribution in [-0.4, -0.2) is 45.3 Å². The Morgan fingerprint density at radius 2 is 2.00 bits per heavy atom. The zero-order valence-electron chi connectivity index (χ0n) is 11.5. The molecule has 2 rings (SSSR count). The van der Waals surface area contributed by atoms with Gasteiger partial charge in [0.05, 0.1) is 13.5 Å². The van der Waals surface area contributed by atoms with Crippen molar-refractivity contribution in [2.24, 2.45) is 0 Å². The maximum atomic E-state index is 11.5. The lowest BCUT2D eigenvalue weighted by atomic mass is 10.0. The summed E-state index contributed by atoms with van der Waals surface area (Å²) in [6.45, 7) is 1.13. The molecule has 0 radical (unpaired) electrons. The molecule has 1 aromatic carbocycles. The van der Waals surface area contributed by atoms with Gasteiger partial charge >= 0.3 is 5.97 Å². The molecular formula is C14H19NO4. The number of ether oxygens (including phenoxy) is 3. The summed E-state index contributed by atoms with van der Waals surface area (Å²) in [5, 5.41) is 0. The monoisotopic (exact) mass is 265 g/mol. The Morgan fingerprint density at radius 1 is 1.32 bits per heavy atom. The van der Waals surface area contributed by atoms with Crippen LogP contribution in [0, 0.1) is 0 Å². The van der Waals surface area contributed by atoms with Crippen molar-refractivity contribution in [3.05, 3.63) is 23.8 Å². The molecule has 1 aromatic rings. The van der Waals surface area contributed by atoms with E-state index in [1.165, 1.54) is 7.11 Å². The molecule has 5 heteroatoms. The Morgan fingerprint density at radius 3 is 2.63 bits per heavy atom. The SMILES string of the molecule is COC(=O)CC(c1ccc2c(c1)OCCO2)N(C)C. The molecule has 1 heterocycles. The predicted molar refractivity (Wildman–Crippen MR) is 70.5 cm³/mol. The number of rotatable bonds is 4. The molecule has 5 nitrogen and oxygen atoms in total. The van der Waals surface area contributed by atoms with Gasteiger partial charge in [0, 0.05) is 6.04 Å². The molecule has 0 fully saturated rings. The lowest BCUT2D eigenvalue weighted by molar-refractivity contribution is -0.141. The predicted octanol–water partition coefficient (Wildman–Crippen LogP) is 1.62. The second-order valence-electron chi connectivity index (χ2n) is 4.66. The molecule has 1 unspecified atom stereocenters. The third-order valence-electron chi connectivity index (χ3n) is 3.16. The molecule has 0 saturated carbocycles. The molecular weight excluding hydrogens is 246 g/mol. The van der Waals surface area contributed by atoms with Crippen molar-refractivity contribution in [1.82, 2.24) is 4.90 Å². The molecule has 0 saturated heterocycles. The molecule has 104 valence electrons. The summed E-state index contributed by atoms with van der Waals surface area (Å²) in [6.07, 6.45) is 0.309. The van der Waals surface area contributed by atoms with Gasteiger partial charge < -0.3 is 19.1 Å². The Kier molecular flexibility index (Phi) is 4.27. The van der Waals surface area contributed by atoms with Crippen LogP contribution in [0.1, 0.15) is 18.0 Å². The van der Waals surface area contributed by atoms with E-state index in [-0.39, 0.29) is 12.0 Å². The number of fused-ring (bicyclic) bond motifs is 1. The highest BCUT2D eigenvalue weighted by atomic mass is 16.6. The van der Waals surface area contributed by atoms with E-state index in [1.807, 2.05) is 37.2 Å². The molecule has 19 heavy (non-hydrogen) atoms. The summed E-state index contributed by atoms with van der Waals surface area (Å²) in [5.74, 6) is 1.26. The van der Waals surface area contributed by atoms with Crippen LogP contribution < -0.4 is 9.47 Å². The lowest BCUT2D eigenvalue weighted by Crippen LogP contribution is -2.24. The first-order valence-corrected chi connectivity index (χ1v) is 6.24. The van der Waals surface area contributed by atoms with Gasteiger partial charge in [-0.3, -0.25) is 4.79 Å². The van der Waals surface area contributed by atoms with E-state index < -0.39 is 0 Å². The molecule has 0 N–H and O–H groups in total. The molecule has 0 amide bonds. The quantitative estimate of drug-likeness (QED) is 0.774. The average molecular weight is 265 g/mol. The zero-order valence-corrected chi connectivity index (χ0v) is 11.5. The number of hydrogen-bond acceptors (Lipinski definition) is 5. The minimum absolute atomic E-state index is 0.0386. The molecule has 1 aliphatic rings. The minimum Gasteiger partial charge on any atom is -0.486 e. The number of carbonyl (C=O) groups excluding carboxylic acids is 1. The standard InChI is InChI=1S/C14H19NO4/c1-15(2)11(9-14(16)17-3)10-4-5-12-13(8-10)19-7-6-18-12/h4-5,8,11H,6-7,9H2,1-3H3. The molecule has 1 atom stereocenters. The third-order valence-corrected chi connectivity index (χ3v) is 3.16. The zero-order chi connectivity index (χ0) is 13.8. The molecule has 1 aliphatic heterocycles. The van der Waals surface area contributed by atoms with Gasteiger partial charge in [-0.1, -0.05) is 6.07 Å². The minimum atomic E-state index is -0.228. The van der Waals surface area contributed by atoms with Crippen molar-refractivity contribution in [2.45, 2.75) is 12.5 Å². The first kappa shape index (κ1) is 13.7. The number of nitrogens with zero attached hydrogens (tertiary/aromatic N) is 1. The van der Waals surface area contributed by atoms with Crippen molar-refractivity contribution in [3.63, 3.8) is 0 Å². The van der Waals surface area contributed by atoms with E-state index in [9.17, 15) is 4.79 Å². The van der Waals surface area contributed by atoms with Crippen LogP contribution in [0.25, 0.3) is 0 Å². The normalized spacial score (nSPS) is 15.2. The van der Waals surface area contributed by atoms with Crippen molar-refractivity contribution < 1.29 is 19.0 Å². The molecule has 0 bridgehead atoms. The van der Waals surface area contributed by atoms with E-state index >= 15 is 0 Å². The molecule has 0 aromatic heterocycles. The summed E-state index contributed by atoms with van der Waals surface area (Å²) in [5.41, 5.74) is 1.01. The summed E-state index contributed by atoms with van der Waals surface area (Å²) >= 11 is 0. The maximum Gasteiger partial charge on any atom is 0.307 e. The van der Waals surface area contributed by atoms with E-state index in [0.717, 1.165) is 17.1 Å². The van der Waals surface area contributed by atoms with E-state index in [2.05, 4.69) is 0 Å². The summed E-state index contributed by atoms with van der Waals surface area (Å²) in [7, 11) is 5.27. The van der Waals surface area contributed by atoms with Crippen LogP contribution in [-0.2, 0) is 9.53 Å². The smallest absolute Gasteiger partial charge is 0.307 e. The number of esters is 1. The topological polar surface area (TPSA) is 48.0 Å². The van der Waals surface area contributed by atoms with Gasteiger partial charge in [-0.25, -0.2) is 0 Å². The van der Waals surface area contributed by atoms with Crippen LogP contribution >= 0.6 is 0 Å². The van der Waals surface area contributed by atoms with E-state index in [0.29, 0.717) is 19.6 Å². The van der Waals surface area contributed by atoms with Gasteiger partial charge in [0.1, 0.15) is 13.2 Å². The number of carbonyl (C=O) groups is 1. The number of methoxy groups -OCH3 is 1. The fraction of sp³-hybridized carbons (Fsp3) is 0.500. The highest BCUT2D eigenvalue weighted by molar-refractivity contribution is 5.70. The summed E-state index contributed by atoms with van der Waals surface area (Å²) in [6, 6.07) is 5.74. The van der Waals surface area contributed by atoms with Gasteiger partial charge in [-0.05, 0) is 31.8 Å². The first-order valence-electron chi connectivity index (χ1n) is 6.24. The van der Waals surface area contributed by atoms with Gasteiger partial charge in [-0.15, -0.1) is 0 Å². The molecule has 0 aliphatic carbocycles. The second kappa shape index (κ2) is 5.93. The van der Waals surface area contributed by atoms with E-state index in [4.69, 9.17) is 14.2 Å². The Labute approximate surface area is 113 Å². The van der Waals surface area contributed by atoms with Crippen LogP contribution in [0.2, 0.25) is 0 Å². The Hall–Kier alpha value is -1.75. The van der Waals surface area contributed by atoms with Gasteiger partial charge in [0.15, 0.2) is 11.5 Å². The van der Waals surface area contributed by atoms with Crippen molar-refractivity contribution in [3.8, 4) is 11.5 Å². The van der Waals surface area contributed by atoms with Crippen LogP contribution in [0.5, 0.6) is 11.5 Å². The van der Waals surface area contributed by atoms with Crippen molar-refractivity contribution in [1.29, 1.82) is 0 Å². The van der Waals surface area contributed by atoms with Gasteiger partial charge in [0.25, 0.3) is 0 Å². The number of hydrogen-bond donors (Lipinski definition) is 0. The highest BCUT2D eigenvalue weighted by Crippen LogP contribution is 2.34.